The van der Waals surface area contributed by atoms with Crippen LogP contribution in [-0.2, 0) is 33.3 Å². The fraction of sp³-hybridized carbons (Fsp3) is 0.850. The molecule has 30 heavy (non-hydrogen) atoms. The topological polar surface area (TPSA) is 149 Å². The van der Waals surface area contributed by atoms with E-state index in [0.717, 1.165) is 0 Å². The van der Waals surface area contributed by atoms with Crippen molar-refractivity contribution >= 4 is 17.9 Å². The summed E-state index contributed by atoms with van der Waals surface area (Å²) in [5, 5.41) is 34.7. The molecule has 10 nitrogen and oxygen atoms in total. The van der Waals surface area contributed by atoms with Gasteiger partial charge in [-0.15, -0.1) is 0 Å². The van der Waals surface area contributed by atoms with Crippen molar-refractivity contribution in [3.05, 3.63) is 0 Å². The Balaban J connectivity index is 1.72. The van der Waals surface area contributed by atoms with E-state index in [2.05, 4.69) is 0 Å². The van der Waals surface area contributed by atoms with Crippen molar-refractivity contribution in [1.29, 1.82) is 0 Å². The van der Waals surface area contributed by atoms with Gasteiger partial charge >= 0.3 is 17.9 Å². The van der Waals surface area contributed by atoms with Crippen LogP contribution in [0.5, 0.6) is 0 Å². The molecule has 10 heteroatoms. The largest absolute Gasteiger partial charge is 0.459 e. The van der Waals surface area contributed by atoms with E-state index in [1.54, 1.807) is 0 Å². The zero-order chi connectivity index (χ0) is 21.8. The molecule has 4 saturated heterocycles. The summed E-state index contributed by atoms with van der Waals surface area (Å²) < 4.78 is 22.5. The summed E-state index contributed by atoms with van der Waals surface area (Å²) >= 11 is 0. The van der Waals surface area contributed by atoms with Gasteiger partial charge in [0.05, 0.1) is 16.7 Å². The third-order valence-electron chi connectivity index (χ3n) is 9.00. The lowest BCUT2D eigenvalue weighted by Gasteiger charge is -2.47. The summed E-state index contributed by atoms with van der Waals surface area (Å²) in [4.78, 5) is 38.2. The van der Waals surface area contributed by atoms with Crippen molar-refractivity contribution in [2.45, 2.75) is 76.0 Å². The van der Waals surface area contributed by atoms with Gasteiger partial charge in [0.2, 0.25) is 11.9 Å². The number of hydrogen-bond acceptors (Lipinski definition) is 10. The summed E-state index contributed by atoms with van der Waals surface area (Å²) in [6, 6.07) is 0. The number of rotatable bonds is 0. The van der Waals surface area contributed by atoms with Gasteiger partial charge in [0.25, 0.3) is 0 Å². The Kier molecular flexibility index (Phi) is 2.97. The molecule has 0 aromatic heterocycles. The number of aliphatic hydroxyl groups excluding tert-OH is 2. The van der Waals surface area contributed by atoms with E-state index in [1.165, 1.54) is 6.92 Å². The summed E-state index contributed by atoms with van der Waals surface area (Å²) in [6.07, 6.45) is -6.91. The van der Waals surface area contributed by atoms with Crippen LogP contribution in [-0.4, -0.2) is 75.1 Å². The normalized spacial score (nSPS) is 60.1. The summed E-state index contributed by atoms with van der Waals surface area (Å²) in [5.41, 5.74) is -8.26. The lowest BCUT2D eigenvalue weighted by atomic mass is 9.51. The first-order valence-corrected chi connectivity index (χ1v) is 10.2. The molecule has 0 unspecified atom stereocenters. The lowest BCUT2D eigenvalue weighted by Crippen LogP contribution is -2.67. The first-order valence-electron chi connectivity index (χ1n) is 10.2. The molecule has 0 aromatic rings. The highest BCUT2D eigenvalue weighted by atomic mass is 16.8. The van der Waals surface area contributed by atoms with E-state index in [1.807, 2.05) is 20.8 Å². The second kappa shape index (κ2) is 4.69. The van der Waals surface area contributed by atoms with Crippen LogP contribution in [0.4, 0.5) is 0 Å². The Labute approximate surface area is 171 Å². The second-order valence-corrected chi connectivity index (χ2v) is 10.7. The van der Waals surface area contributed by atoms with Crippen molar-refractivity contribution in [2.24, 2.45) is 28.1 Å². The predicted molar refractivity (Wildman–Crippen MR) is 92.0 cm³/mol. The summed E-state index contributed by atoms with van der Waals surface area (Å²) in [5.74, 6) is -4.32. The molecule has 164 valence electrons. The van der Waals surface area contributed by atoms with Crippen LogP contribution >= 0.6 is 0 Å². The van der Waals surface area contributed by atoms with E-state index in [9.17, 15) is 29.7 Å². The van der Waals surface area contributed by atoms with Crippen LogP contribution in [0.2, 0.25) is 0 Å². The van der Waals surface area contributed by atoms with E-state index < -0.39 is 87.9 Å². The molecule has 2 saturated carbocycles. The standard InChI is InChI=1S/C20H24O10/c1-6-12(23)28-11-9(21)18-8-5-7(16(2,3)4)17(18)10(22)13(24)29-15(17)30-20(18,14(25)27-8)19(6,11)26/h6-11,15,21-22,26H,5H2,1-4H3/t6-,7+,8+,9+,10+,11+,15+,17+,18+,19-,20-/m1/s1. The molecule has 4 aliphatic heterocycles. The number of ether oxygens (including phenoxy) is 4. The molecule has 2 spiro atoms. The van der Waals surface area contributed by atoms with Crippen LogP contribution in [0.25, 0.3) is 0 Å². The van der Waals surface area contributed by atoms with Gasteiger partial charge in [-0.2, -0.15) is 0 Å². The Bertz CT molecular complexity index is 925. The summed E-state index contributed by atoms with van der Waals surface area (Å²) in [7, 11) is 0. The minimum atomic E-state index is -2.24. The number of hydrogen-bond donors (Lipinski definition) is 3. The average Bonchev–Trinajstić information content (AvgIpc) is 3.35. The molecule has 0 aromatic carbocycles. The van der Waals surface area contributed by atoms with Gasteiger partial charge < -0.3 is 34.3 Å². The Morgan fingerprint density at radius 1 is 1.03 bits per heavy atom. The molecular weight excluding hydrogens is 400 g/mol. The average molecular weight is 424 g/mol. The highest BCUT2D eigenvalue weighted by Crippen LogP contribution is 2.84. The third kappa shape index (κ3) is 1.33. The first-order chi connectivity index (χ1) is 13.8. The monoisotopic (exact) mass is 424 g/mol. The molecular formula is C20H24O10. The van der Waals surface area contributed by atoms with Crippen molar-refractivity contribution in [3.63, 3.8) is 0 Å². The fourth-order valence-corrected chi connectivity index (χ4v) is 8.12. The maximum Gasteiger partial charge on any atom is 0.343 e. The molecule has 0 radical (unpaired) electrons. The molecule has 6 fully saturated rings. The van der Waals surface area contributed by atoms with E-state index in [0.29, 0.717) is 0 Å². The number of esters is 3. The van der Waals surface area contributed by atoms with Gasteiger partial charge in [0.15, 0.2) is 17.8 Å². The molecule has 11 atom stereocenters. The van der Waals surface area contributed by atoms with Crippen LogP contribution in [0.1, 0.15) is 34.1 Å². The van der Waals surface area contributed by atoms with Crippen molar-refractivity contribution in [3.8, 4) is 0 Å². The number of fused-ring (bicyclic) bond motifs is 1. The smallest absolute Gasteiger partial charge is 0.343 e. The number of carbonyl (C=O) groups is 3. The summed E-state index contributed by atoms with van der Waals surface area (Å²) in [6.45, 7) is 7.14. The van der Waals surface area contributed by atoms with Gasteiger partial charge in [0.1, 0.15) is 12.2 Å². The molecule has 0 bridgehead atoms. The molecule has 0 amide bonds. The van der Waals surface area contributed by atoms with Gasteiger partial charge in [-0.05, 0) is 24.7 Å². The molecule has 6 aliphatic rings. The Morgan fingerprint density at radius 2 is 1.70 bits per heavy atom. The van der Waals surface area contributed by atoms with Crippen LogP contribution < -0.4 is 0 Å². The van der Waals surface area contributed by atoms with E-state index >= 15 is 0 Å². The maximum atomic E-state index is 13.4. The van der Waals surface area contributed by atoms with Crippen LogP contribution in [0.3, 0.4) is 0 Å². The minimum Gasteiger partial charge on any atom is -0.459 e. The van der Waals surface area contributed by atoms with Crippen molar-refractivity contribution in [1.82, 2.24) is 0 Å². The highest BCUT2D eigenvalue weighted by Gasteiger charge is 3.03. The quantitative estimate of drug-likeness (QED) is 0.314. The van der Waals surface area contributed by atoms with Crippen LogP contribution in [0, 0.1) is 28.1 Å². The van der Waals surface area contributed by atoms with Gasteiger partial charge in [0, 0.05) is 0 Å². The van der Waals surface area contributed by atoms with Crippen LogP contribution in [0.15, 0.2) is 0 Å². The molecule has 6 rings (SSSR count). The first kappa shape index (κ1) is 19.0. The van der Waals surface area contributed by atoms with Crippen molar-refractivity contribution < 1.29 is 48.7 Å². The van der Waals surface area contributed by atoms with Crippen molar-refractivity contribution in [2.75, 3.05) is 0 Å². The zero-order valence-corrected chi connectivity index (χ0v) is 16.9. The fourth-order valence-electron chi connectivity index (χ4n) is 8.12. The number of aliphatic hydroxyl groups is 3. The predicted octanol–water partition coefficient (Wildman–Crippen LogP) is -1.37. The third-order valence-corrected chi connectivity index (χ3v) is 9.00. The highest BCUT2D eigenvalue weighted by molar-refractivity contribution is 5.94. The zero-order valence-electron chi connectivity index (χ0n) is 16.9. The molecule has 4 heterocycles. The SMILES string of the molecule is C[C@@H]1C(=O)O[C@H]2[C@H](O)[C@@]34[C@@H]5C[C@@H](C(C)(C)C)[C@]36[C@@H](OC(=O)[C@@H]6O)O[C@@]4(C(=O)O5)[C@@]12O. The van der Waals surface area contributed by atoms with Gasteiger partial charge in [-0.3, -0.25) is 4.79 Å². The second-order valence-electron chi connectivity index (χ2n) is 10.7. The van der Waals surface area contributed by atoms with E-state index in [4.69, 9.17) is 18.9 Å². The number of carbonyl (C=O) groups excluding carboxylic acids is 3. The van der Waals surface area contributed by atoms with Gasteiger partial charge in [-0.25, -0.2) is 9.59 Å². The Morgan fingerprint density at radius 3 is 2.33 bits per heavy atom. The Hall–Kier alpha value is -1.75. The van der Waals surface area contributed by atoms with E-state index in [-0.39, 0.29) is 6.42 Å². The molecule has 3 N–H and O–H groups in total. The lowest BCUT2D eigenvalue weighted by molar-refractivity contribution is -0.239. The maximum absolute atomic E-state index is 13.4. The minimum absolute atomic E-state index is 0.229. The van der Waals surface area contributed by atoms with Gasteiger partial charge in [-0.1, -0.05) is 20.8 Å². The molecule has 2 aliphatic carbocycles.